The first-order valence-corrected chi connectivity index (χ1v) is 2.00. The number of allylic oxidation sites excluding steroid dienone is 1. The minimum absolute atomic E-state index is 1.39. The summed E-state index contributed by atoms with van der Waals surface area (Å²) in [6.07, 6.45) is 4.86. The van der Waals surface area contributed by atoms with Crippen LogP contribution in [0.15, 0.2) is 22.3 Å². The molecule has 0 aliphatic rings. The zero-order valence-electron chi connectivity index (χ0n) is 4.33. The molecule has 0 aliphatic heterocycles. The van der Waals surface area contributed by atoms with Gasteiger partial charge in [-0.25, -0.2) is 4.99 Å². The van der Waals surface area contributed by atoms with Crippen LogP contribution in [0.1, 0.15) is 6.92 Å². The van der Waals surface area contributed by atoms with Gasteiger partial charge < -0.3 is 0 Å². The topological polar surface area (TPSA) is 24.7 Å². The number of rotatable bonds is 2. The average Bonchev–Trinajstić information content (AvgIpc) is 1.69. The SMILES string of the molecule is C=NC=N/C=C\C. The zero-order valence-corrected chi connectivity index (χ0v) is 4.33. The fourth-order valence-electron chi connectivity index (χ4n) is 0.172. The van der Waals surface area contributed by atoms with Crippen molar-refractivity contribution in [1.29, 1.82) is 0 Å². The maximum absolute atomic E-state index is 3.67. The summed E-state index contributed by atoms with van der Waals surface area (Å²) < 4.78 is 0. The lowest BCUT2D eigenvalue weighted by Crippen LogP contribution is -1.55. The largest absolute Gasteiger partial charge is 0.253 e. The molecule has 0 aromatic heterocycles. The van der Waals surface area contributed by atoms with Crippen molar-refractivity contribution in [3.05, 3.63) is 12.3 Å². The molecule has 0 aliphatic carbocycles. The van der Waals surface area contributed by atoms with E-state index in [-0.39, 0.29) is 0 Å². The Morgan fingerprint density at radius 2 is 2.29 bits per heavy atom. The molecule has 2 nitrogen and oxygen atoms in total. The van der Waals surface area contributed by atoms with E-state index >= 15 is 0 Å². The molecule has 0 unspecified atom stereocenters. The Balaban J connectivity index is 3.27. The summed E-state index contributed by atoms with van der Waals surface area (Å²) in [5, 5.41) is 0. The maximum Gasteiger partial charge on any atom is 0.114 e. The highest BCUT2D eigenvalue weighted by Crippen LogP contribution is 1.68. The first-order valence-electron chi connectivity index (χ1n) is 2.00. The third-order valence-electron chi connectivity index (χ3n) is 0.383. The molecule has 38 valence electrons. The summed E-state index contributed by atoms with van der Waals surface area (Å²) in [4.78, 5) is 7.05. The highest BCUT2D eigenvalue weighted by atomic mass is 14.8. The van der Waals surface area contributed by atoms with E-state index in [9.17, 15) is 0 Å². The van der Waals surface area contributed by atoms with Crippen molar-refractivity contribution in [2.75, 3.05) is 0 Å². The van der Waals surface area contributed by atoms with Crippen molar-refractivity contribution in [2.24, 2.45) is 9.98 Å². The monoisotopic (exact) mass is 96.1 g/mol. The summed E-state index contributed by atoms with van der Waals surface area (Å²) in [5.41, 5.74) is 0. The molecule has 0 aromatic rings. The Bertz CT molecular complexity index is 92.3. The van der Waals surface area contributed by atoms with Gasteiger partial charge in [-0.2, -0.15) is 0 Å². The Morgan fingerprint density at radius 3 is 2.71 bits per heavy atom. The van der Waals surface area contributed by atoms with E-state index in [0.29, 0.717) is 0 Å². The second kappa shape index (κ2) is 5.08. The van der Waals surface area contributed by atoms with Crippen molar-refractivity contribution in [3.63, 3.8) is 0 Å². The Morgan fingerprint density at radius 1 is 1.57 bits per heavy atom. The molecule has 0 saturated heterocycles. The van der Waals surface area contributed by atoms with Crippen LogP contribution in [-0.2, 0) is 0 Å². The van der Waals surface area contributed by atoms with Crippen molar-refractivity contribution in [3.8, 4) is 0 Å². The van der Waals surface area contributed by atoms with E-state index in [2.05, 4.69) is 16.7 Å². The van der Waals surface area contributed by atoms with Crippen molar-refractivity contribution in [2.45, 2.75) is 6.92 Å². The van der Waals surface area contributed by atoms with Gasteiger partial charge in [0.1, 0.15) is 6.34 Å². The molecule has 2 heteroatoms. The van der Waals surface area contributed by atoms with Crippen LogP contribution in [0.25, 0.3) is 0 Å². The van der Waals surface area contributed by atoms with Crippen LogP contribution < -0.4 is 0 Å². The predicted octanol–water partition coefficient (Wildman–Crippen LogP) is 1.25. The minimum atomic E-state index is 1.39. The Kier molecular flexibility index (Phi) is 4.41. The third-order valence-corrected chi connectivity index (χ3v) is 0.383. The summed E-state index contributed by atoms with van der Waals surface area (Å²) >= 11 is 0. The number of hydrogen-bond donors (Lipinski definition) is 0. The second-order valence-electron chi connectivity index (χ2n) is 0.930. The molecular weight excluding hydrogens is 88.1 g/mol. The zero-order chi connectivity index (χ0) is 5.54. The Hall–Kier alpha value is -0.920. The number of nitrogens with zero attached hydrogens (tertiary/aromatic N) is 2. The van der Waals surface area contributed by atoms with Gasteiger partial charge in [0.05, 0.1) is 0 Å². The van der Waals surface area contributed by atoms with E-state index in [0.717, 1.165) is 0 Å². The molecule has 0 atom stereocenters. The van der Waals surface area contributed by atoms with Gasteiger partial charge in [0.15, 0.2) is 0 Å². The van der Waals surface area contributed by atoms with Gasteiger partial charge in [0.2, 0.25) is 0 Å². The normalized spacial score (nSPS) is 11.0. The van der Waals surface area contributed by atoms with Gasteiger partial charge in [0.25, 0.3) is 0 Å². The van der Waals surface area contributed by atoms with E-state index < -0.39 is 0 Å². The van der Waals surface area contributed by atoms with Crippen LogP contribution in [0.3, 0.4) is 0 Å². The first kappa shape index (κ1) is 6.08. The average molecular weight is 96.1 g/mol. The molecule has 0 rings (SSSR count). The third kappa shape index (κ3) is 5.08. The predicted molar refractivity (Wildman–Crippen MR) is 32.9 cm³/mol. The molecule has 7 heavy (non-hydrogen) atoms. The molecular formula is C5H8N2. The summed E-state index contributed by atoms with van der Waals surface area (Å²) in [6, 6.07) is 0. The van der Waals surface area contributed by atoms with Crippen LogP contribution in [0.4, 0.5) is 0 Å². The van der Waals surface area contributed by atoms with Gasteiger partial charge in [-0.1, -0.05) is 6.08 Å². The fourth-order valence-corrected chi connectivity index (χ4v) is 0.172. The molecule has 0 aromatic carbocycles. The van der Waals surface area contributed by atoms with Crippen LogP contribution >= 0.6 is 0 Å². The standard InChI is InChI=1S/C5H8N2/c1-3-4-7-5-6-2/h3-5H,2H2,1H3/b4-3-,7-5?. The van der Waals surface area contributed by atoms with Gasteiger partial charge >= 0.3 is 0 Å². The molecule has 0 N–H and O–H groups in total. The highest BCUT2D eigenvalue weighted by Gasteiger charge is 1.52. The van der Waals surface area contributed by atoms with Crippen molar-refractivity contribution in [1.82, 2.24) is 0 Å². The van der Waals surface area contributed by atoms with E-state index in [1.165, 1.54) is 6.34 Å². The van der Waals surface area contributed by atoms with Crippen molar-refractivity contribution < 1.29 is 0 Å². The highest BCUT2D eigenvalue weighted by molar-refractivity contribution is 5.62. The van der Waals surface area contributed by atoms with E-state index in [1.54, 1.807) is 6.20 Å². The molecule has 0 fully saturated rings. The number of hydrogen-bond acceptors (Lipinski definition) is 1. The van der Waals surface area contributed by atoms with Crippen LogP contribution in [0.2, 0.25) is 0 Å². The minimum Gasteiger partial charge on any atom is -0.253 e. The van der Waals surface area contributed by atoms with Gasteiger partial charge in [0, 0.05) is 6.20 Å². The van der Waals surface area contributed by atoms with Gasteiger partial charge in [-0.05, 0) is 13.6 Å². The maximum atomic E-state index is 3.67. The first-order chi connectivity index (χ1) is 3.41. The van der Waals surface area contributed by atoms with Gasteiger partial charge in [-0.15, -0.1) is 0 Å². The Labute approximate surface area is 43.3 Å². The van der Waals surface area contributed by atoms with Crippen LogP contribution in [0.5, 0.6) is 0 Å². The van der Waals surface area contributed by atoms with E-state index in [1.807, 2.05) is 13.0 Å². The molecule has 0 amide bonds. The van der Waals surface area contributed by atoms with Gasteiger partial charge in [-0.3, -0.25) is 4.99 Å². The fraction of sp³-hybridized carbons (Fsp3) is 0.200. The molecule has 0 radical (unpaired) electrons. The quantitative estimate of drug-likeness (QED) is 0.365. The van der Waals surface area contributed by atoms with E-state index in [4.69, 9.17) is 0 Å². The van der Waals surface area contributed by atoms with Crippen LogP contribution in [0, 0.1) is 0 Å². The lowest BCUT2D eigenvalue weighted by atomic mass is 10.7. The summed E-state index contributed by atoms with van der Waals surface area (Å²) in [6.45, 7) is 5.09. The summed E-state index contributed by atoms with van der Waals surface area (Å²) in [5.74, 6) is 0. The number of aliphatic imine (C=N–C) groups is 2. The van der Waals surface area contributed by atoms with Crippen molar-refractivity contribution >= 4 is 13.1 Å². The smallest absolute Gasteiger partial charge is 0.114 e. The molecule has 0 spiro atoms. The lowest BCUT2D eigenvalue weighted by Gasteiger charge is -1.66. The molecule has 0 heterocycles. The molecule has 0 saturated carbocycles. The lowest BCUT2D eigenvalue weighted by molar-refractivity contribution is 1.52. The van der Waals surface area contributed by atoms with Crippen LogP contribution in [-0.4, -0.2) is 13.1 Å². The summed E-state index contributed by atoms with van der Waals surface area (Å²) in [7, 11) is 0. The second-order valence-corrected chi connectivity index (χ2v) is 0.930. The molecule has 0 bridgehead atoms.